The van der Waals surface area contributed by atoms with E-state index in [4.69, 9.17) is 4.74 Å². The van der Waals surface area contributed by atoms with Gasteiger partial charge in [-0.3, -0.25) is 29.8 Å². The number of amides is 2. The number of carbonyl (C=O) groups excluding carboxylic acids is 3. The van der Waals surface area contributed by atoms with E-state index in [2.05, 4.69) is 10.6 Å². The summed E-state index contributed by atoms with van der Waals surface area (Å²) < 4.78 is 4.80. The van der Waals surface area contributed by atoms with E-state index in [1.807, 2.05) is 0 Å². The molecule has 0 aliphatic heterocycles. The minimum absolute atomic E-state index is 0.0276. The maximum Gasteiger partial charge on any atom is 0.306 e. The van der Waals surface area contributed by atoms with Crippen molar-refractivity contribution in [2.75, 3.05) is 18.5 Å². The number of nitro groups is 1. The third kappa shape index (κ3) is 6.51. The van der Waals surface area contributed by atoms with Crippen LogP contribution in [0.4, 0.5) is 11.4 Å². The smallest absolute Gasteiger partial charge is 0.306 e. The topological polar surface area (TPSA) is 128 Å². The summed E-state index contributed by atoms with van der Waals surface area (Å²) in [7, 11) is 0. The van der Waals surface area contributed by atoms with Crippen molar-refractivity contribution in [3.63, 3.8) is 0 Å². The Kier molecular flexibility index (Phi) is 7.44. The molecule has 1 aromatic carbocycles. The first-order valence-electron chi connectivity index (χ1n) is 7.98. The summed E-state index contributed by atoms with van der Waals surface area (Å²) in [6.45, 7) is -0.226. The summed E-state index contributed by atoms with van der Waals surface area (Å²) in [6.07, 6.45) is 0.389. The highest BCUT2D eigenvalue weighted by Crippen LogP contribution is 2.22. The summed E-state index contributed by atoms with van der Waals surface area (Å²) >= 11 is 1.19. The molecule has 2 N–H and O–H groups in total. The first-order chi connectivity index (χ1) is 13.0. The molecule has 9 nitrogen and oxygen atoms in total. The van der Waals surface area contributed by atoms with Gasteiger partial charge in [0, 0.05) is 19.0 Å². The molecular weight excluding hydrogens is 374 g/mol. The third-order valence-electron chi connectivity index (χ3n) is 3.34. The summed E-state index contributed by atoms with van der Waals surface area (Å²) in [5.41, 5.74) is 0.314. The fourth-order valence-electron chi connectivity index (χ4n) is 2.09. The Morgan fingerprint density at radius 3 is 2.63 bits per heavy atom. The van der Waals surface area contributed by atoms with Gasteiger partial charge in [-0.2, -0.15) is 0 Å². The van der Waals surface area contributed by atoms with Crippen LogP contribution in [0.3, 0.4) is 0 Å². The fraction of sp³-hybridized carbons (Fsp3) is 0.235. The average Bonchev–Trinajstić information content (AvgIpc) is 3.18. The Balaban J connectivity index is 1.64. The lowest BCUT2D eigenvalue weighted by atomic mass is 10.2. The minimum Gasteiger partial charge on any atom is -0.456 e. The van der Waals surface area contributed by atoms with Gasteiger partial charge >= 0.3 is 5.97 Å². The van der Waals surface area contributed by atoms with Crippen molar-refractivity contribution in [1.82, 2.24) is 5.32 Å². The molecule has 0 aliphatic carbocycles. The van der Waals surface area contributed by atoms with Gasteiger partial charge in [0.05, 0.1) is 9.80 Å². The van der Waals surface area contributed by atoms with E-state index in [1.165, 1.54) is 17.4 Å². The van der Waals surface area contributed by atoms with Gasteiger partial charge in [0.25, 0.3) is 17.5 Å². The lowest BCUT2D eigenvalue weighted by Crippen LogP contribution is -2.33. The predicted octanol–water partition coefficient (Wildman–Crippen LogP) is 2.35. The second-order valence-electron chi connectivity index (χ2n) is 5.32. The van der Waals surface area contributed by atoms with Crippen LogP contribution in [0.25, 0.3) is 0 Å². The normalized spacial score (nSPS) is 10.1. The average molecular weight is 391 g/mol. The molecule has 0 saturated carbocycles. The van der Waals surface area contributed by atoms with Crippen LogP contribution in [0.15, 0.2) is 41.8 Å². The highest BCUT2D eigenvalue weighted by molar-refractivity contribution is 7.12. The van der Waals surface area contributed by atoms with Crippen LogP contribution in [-0.4, -0.2) is 35.9 Å². The van der Waals surface area contributed by atoms with Crippen molar-refractivity contribution >= 4 is 40.5 Å². The number of nitrogens with zero attached hydrogens (tertiary/aromatic N) is 1. The first kappa shape index (κ1) is 20.0. The van der Waals surface area contributed by atoms with Crippen LogP contribution in [0, 0.1) is 10.1 Å². The van der Waals surface area contributed by atoms with Gasteiger partial charge in [-0.15, -0.1) is 11.3 Å². The van der Waals surface area contributed by atoms with E-state index in [0.29, 0.717) is 23.5 Å². The molecule has 0 bridgehead atoms. The van der Waals surface area contributed by atoms with E-state index >= 15 is 0 Å². The second kappa shape index (κ2) is 10.0. The molecule has 1 aromatic heterocycles. The Morgan fingerprint density at radius 2 is 1.93 bits per heavy atom. The number of carbonyl (C=O) groups is 3. The number of thiophene rings is 1. The molecule has 0 aliphatic rings. The molecule has 0 spiro atoms. The van der Waals surface area contributed by atoms with E-state index in [9.17, 15) is 24.5 Å². The van der Waals surface area contributed by atoms with Gasteiger partial charge in [-0.25, -0.2) is 0 Å². The van der Waals surface area contributed by atoms with E-state index in [0.717, 1.165) is 0 Å². The number of ether oxygens (including phenoxy) is 1. The highest BCUT2D eigenvalue weighted by Gasteiger charge is 2.14. The number of anilines is 1. The van der Waals surface area contributed by atoms with E-state index in [-0.39, 0.29) is 12.1 Å². The minimum atomic E-state index is -0.709. The molecule has 27 heavy (non-hydrogen) atoms. The molecule has 10 heteroatoms. The van der Waals surface area contributed by atoms with Crippen LogP contribution in [-0.2, 0) is 14.3 Å². The zero-order valence-electron chi connectivity index (χ0n) is 14.2. The van der Waals surface area contributed by atoms with Gasteiger partial charge < -0.3 is 10.1 Å². The zero-order valence-corrected chi connectivity index (χ0v) is 15.0. The molecule has 2 aromatic rings. The fourth-order valence-corrected chi connectivity index (χ4v) is 2.71. The van der Waals surface area contributed by atoms with Gasteiger partial charge in [-0.1, -0.05) is 18.2 Å². The lowest BCUT2D eigenvalue weighted by Gasteiger charge is -2.07. The monoisotopic (exact) mass is 391 g/mol. The van der Waals surface area contributed by atoms with Crippen molar-refractivity contribution in [3.8, 4) is 0 Å². The quantitative estimate of drug-likeness (QED) is 0.291. The van der Waals surface area contributed by atoms with Crippen LogP contribution in [0.2, 0.25) is 0 Å². The number of benzene rings is 1. The van der Waals surface area contributed by atoms with Crippen LogP contribution >= 0.6 is 11.3 Å². The molecular formula is C17H17N3O6S. The van der Waals surface area contributed by atoms with Crippen molar-refractivity contribution < 1.29 is 24.0 Å². The number of para-hydroxylation sites is 2. The predicted molar refractivity (Wildman–Crippen MR) is 98.6 cm³/mol. The molecule has 0 fully saturated rings. The number of esters is 1. The summed E-state index contributed by atoms with van der Waals surface area (Å²) in [5, 5.41) is 17.6. The second-order valence-corrected chi connectivity index (χ2v) is 6.27. The number of hydrogen-bond donors (Lipinski definition) is 2. The van der Waals surface area contributed by atoms with Crippen LogP contribution < -0.4 is 10.6 Å². The van der Waals surface area contributed by atoms with Crippen LogP contribution in [0.5, 0.6) is 0 Å². The van der Waals surface area contributed by atoms with Gasteiger partial charge in [0.15, 0.2) is 6.61 Å². The first-order valence-corrected chi connectivity index (χ1v) is 8.86. The number of nitro benzene ring substituents is 1. The Morgan fingerprint density at radius 1 is 1.15 bits per heavy atom. The number of imide groups is 1. The third-order valence-corrected chi connectivity index (χ3v) is 4.20. The summed E-state index contributed by atoms with van der Waals surface area (Å²) in [6, 6.07) is 9.44. The lowest BCUT2D eigenvalue weighted by molar-refractivity contribution is -0.384. The van der Waals surface area contributed by atoms with Crippen molar-refractivity contribution in [3.05, 3.63) is 56.8 Å². The zero-order chi connectivity index (χ0) is 19.6. The van der Waals surface area contributed by atoms with E-state index < -0.39 is 29.3 Å². The van der Waals surface area contributed by atoms with Gasteiger partial charge in [-0.05, 0) is 23.9 Å². The van der Waals surface area contributed by atoms with Gasteiger partial charge in [0.2, 0.25) is 0 Å². The number of nitrogens with one attached hydrogen (secondary N) is 2. The maximum absolute atomic E-state index is 11.7. The molecule has 1 heterocycles. The van der Waals surface area contributed by atoms with Crippen LogP contribution in [0.1, 0.15) is 22.5 Å². The number of hydrogen-bond acceptors (Lipinski definition) is 8. The number of rotatable bonds is 9. The summed E-state index contributed by atoms with van der Waals surface area (Å²) in [4.78, 5) is 45.7. The Bertz CT molecular complexity index is 822. The molecule has 0 saturated heterocycles. The van der Waals surface area contributed by atoms with Gasteiger partial charge in [0.1, 0.15) is 5.69 Å². The summed E-state index contributed by atoms with van der Waals surface area (Å²) in [5.74, 6) is -1.85. The SMILES string of the molecule is O=C(COC(=O)CCCNc1ccccc1[N+](=O)[O-])NC(=O)c1cccs1. The standard InChI is InChI=1S/C17H17N3O6S/c21-15(19-17(23)14-7-4-10-27-14)11-26-16(22)8-3-9-18-12-5-1-2-6-13(12)20(24)25/h1-2,4-7,10,18H,3,8-9,11H2,(H,19,21,23). The maximum atomic E-state index is 11.7. The van der Waals surface area contributed by atoms with Crippen molar-refractivity contribution in [2.45, 2.75) is 12.8 Å². The molecule has 2 rings (SSSR count). The Labute approximate surface area is 158 Å². The largest absolute Gasteiger partial charge is 0.456 e. The molecule has 2 amide bonds. The molecule has 0 unspecified atom stereocenters. The van der Waals surface area contributed by atoms with E-state index in [1.54, 1.807) is 35.7 Å². The highest BCUT2D eigenvalue weighted by atomic mass is 32.1. The Hall–Kier alpha value is -3.27. The van der Waals surface area contributed by atoms with Crippen molar-refractivity contribution in [1.29, 1.82) is 0 Å². The van der Waals surface area contributed by atoms with Crippen molar-refractivity contribution in [2.24, 2.45) is 0 Å². The molecule has 142 valence electrons. The molecule has 0 atom stereocenters. The molecule has 0 radical (unpaired) electrons.